The molecule has 1 aromatic carbocycles. The molecule has 0 aliphatic carbocycles. The number of nitrogens with zero attached hydrogens (tertiary/aromatic N) is 2. The lowest BCUT2D eigenvalue weighted by atomic mass is 9.87. The van der Waals surface area contributed by atoms with Gasteiger partial charge in [-0.15, -0.1) is 24.0 Å². The van der Waals surface area contributed by atoms with Gasteiger partial charge in [0, 0.05) is 14.1 Å². The second-order valence-corrected chi connectivity index (χ2v) is 8.34. The van der Waals surface area contributed by atoms with Crippen molar-refractivity contribution < 1.29 is 8.42 Å². The Labute approximate surface area is 150 Å². The molecule has 7 heteroatoms. The molecule has 126 valence electrons. The molecule has 0 saturated carbocycles. The average molecular weight is 439 g/mol. The predicted octanol–water partition coefficient (Wildman–Crippen LogP) is 2.25. The maximum absolute atomic E-state index is 12.2. The molecule has 5 nitrogen and oxygen atoms in total. The Balaban J connectivity index is 0.00000441. The second kappa shape index (κ2) is 8.14. The Morgan fingerprint density at radius 3 is 2.09 bits per heavy atom. The molecule has 1 rings (SSSR count). The van der Waals surface area contributed by atoms with Gasteiger partial charge in [-0.2, -0.15) is 0 Å². The molecule has 1 aromatic rings. The van der Waals surface area contributed by atoms with Crippen LogP contribution in [0.2, 0.25) is 0 Å². The van der Waals surface area contributed by atoms with Gasteiger partial charge in [0.05, 0.1) is 17.2 Å². The molecule has 0 amide bonds. The smallest absolute Gasteiger partial charge is 0.190 e. The van der Waals surface area contributed by atoms with Crippen LogP contribution in [-0.4, -0.2) is 45.7 Å². The molecular formula is C15H26IN3O2S. The van der Waals surface area contributed by atoms with E-state index in [4.69, 9.17) is 5.73 Å². The molecule has 0 aliphatic heterocycles. The third-order valence-electron chi connectivity index (χ3n) is 3.17. The maximum atomic E-state index is 12.2. The zero-order valence-electron chi connectivity index (χ0n) is 13.8. The minimum Gasteiger partial charge on any atom is -0.370 e. The van der Waals surface area contributed by atoms with Crippen molar-refractivity contribution in [3.63, 3.8) is 0 Å². The highest BCUT2D eigenvalue weighted by Crippen LogP contribution is 2.23. The number of sulfone groups is 1. The van der Waals surface area contributed by atoms with Gasteiger partial charge in [0.2, 0.25) is 0 Å². The molecule has 2 N–H and O–H groups in total. The van der Waals surface area contributed by atoms with Crippen molar-refractivity contribution in [2.75, 3.05) is 26.4 Å². The first-order chi connectivity index (χ1) is 9.54. The standard InChI is InChI=1S/C15H25N3O2S.HI/c1-15(2,3)12-6-8-13(9-7-12)21(19,20)11-10-17-14(16)18(4)5;/h6-9H,10-11H2,1-5H3,(H2,16,17);1H. The summed E-state index contributed by atoms with van der Waals surface area (Å²) in [7, 11) is 0.200. The van der Waals surface area contributed by atoms with Crippen LogP contribution in [0.1, 0.15) is 26.3 Å². The van der Waals surface area contributed by atoms with Gasteiger partial charge < -0.3 is 10.6 Å². The van der Waals surface area contributed by atoms with Crippen LogP contribution in [-0.2, 0) is 15.3 Å². The van der Waals surface area contributed by atoms with E-state index in [2.05, 4.69) is 25.8 Å². The van der Waals surface area contributed by atoms with Crippen LogP contribution in [0, 0.1) is 0 Å². The molecule has 0 bridgehead atoms. The fourth-order valence-electron chi connectivity index (χ4n) is 1.70. The van der Waals surface area contributed by atoms with Gasteiger partial charge in [0.25, 0.3) is 0 Å². The molecule has 22 heavy (non-hydrogen) atoms. The molecule has 0 saturated heterocycles. The van der Waals surface area contributed by atoms with E-state index in [0.717, 1.165) is 5.56 Å². The van der Waals surface area contributed by atoms with Crippen molar-refractivity contribution >= 4 is 39.8 Å². The largest absolute Gasteiger partial charge is 0.370 e. The second-order valence-electron chi connectivity index (χ2n) is 6.23. The summed E-state index contributed by atoms with van der Waals surface area (Å²) < 4.78 is 24.4. The quantitative estimate of drug-likeness (QED) is 0.444. The predicted molar refractivity (Wildman–Crippen MR) is 103 cm³/mol. The normalized spacial score (nSPS) is 12.7. The van der Waals surface area contributed by atoms with Gasteiger partial charge in [0.15, 0.2) is 15.8 Å². The van der Waals surface area contributed by atoms with Crippen LogP contribution in [0.4, 0.5) is 0 Å². The van der Waals surface area contributed by atoms with Gasteiger partial charge >= 0.3 is 0 Å². The SMILES string of the molecule is CN(C)C(N)=NCCS(=O)(=O)c1ccc(C(C)(C)C)cc1.I. The van der Waals surface area contributed by atoms with Crippen molar-refractivity contribution in [3.8, 4) is 0 Å². The van der Waals surface area contributed by atoms with Crippen LogP contribution in [0.3, 0.4) is 0 Å². The molecule has 0 atom stereocenters. The number of halogens is 1. The summed E-state index contributed by atoms with van der Waals surface area (Å²) in [6.45, 7) is 6.44. The van der Waals surface area contributed by atoms with E-state index in [1.54, 1.807) is 31.1 Å². The van der Waals surface area contributed by atoms with Crippen LogP contribution >= 0.6 is 24.0 Å². The molecule has 0 radical (unpaired) electrons. The first-order valence-corrected chi connectivity index (χ1v) is 8.50. The number of aliphatic imine (C=N–C) groups is 1. The Bertz CT molecular complexity index is 603. The molecular weight excluding hydrogens is 413 g/mol. The lowest BCUT2D eigenvalue weighted by Gasteiger charge is -2.19. The van der Waals surface area contributed by atoms with E-state index in [-0.39, 0.29) is 41.7 Å². The molecule has 0 aromatic heterocycles. The molecule has 0 spiro atoms. The van der Waals surface area contributed by atoms with Gasteiger partial charge in [-0.3, -0.25) is 4.99 Å². The number of hydrogen-bond donors (Lipinski definition) is 1. The summed E-state index contributed by atoms with van der Waals surface area (Å²) in [5.41, 5.74) is 6.75. The third kappa shape index (κ3) is 6.12. The molecule has 0 unspecified atom stereocenters. The first kappa shape index (κ1) is 21.2. The highest BCUT2D eigenvalue weighted by molar-refractivity contribution is 14.0. The van der Waals surface area contributed by atoms with Crippen LogP contribution in [0.25, 0.3) is 0 Å². The fraction of sp³-hybridized carbons (Fsp3) is 0.533. The maximum Gasteiger partial charge on any atom is 0.190 e. The van der Waals surface area contributed by atoms with Gasteiger partial charge in [-0.1, -0.05) is 32.9 Å². The number of hydrogen-bond acceptors (Lipinski definition) is 3. The van der Waals surface area contributed by atoms with E-state index in [1.807, 2.05) is 12.1 Å². The van der Waals surface area contributed by atoms with Crippen LogP contribution in [0.15, 0.2) is 34.2 Å². The first-order valence-electron chi connectivity index (χ1n) is 6.84. The Kier molecular flexibility index (Phi) is 7.84. The van der Waals surface area contributed by atoms with E-state index < -0.39 is 9.84 Å². The highest BCUT2D eigenvalue weighted by atomic mass is 127. The number of rotatable bonds is 4. The third-order valence-corrected chi connectivity index (χ3v) is 4.88. The average Bonchev–Trinajstić information content (AvgIpc) is 2.37. The number of guanidine groups is 1. The fourth-order valence-corrected chi connectivity index (χ4v) is 2.82. The number of benzene rings is 1. The highest BCUT2D eigenvalue weighted by Gasteiger charge is 2.17. The minimum absolute atomic E-state index is 0. The van der Waals surface area contributed by atoms with Gasteiger partial charge in [0.1, 0.15) is 0 Å². The lowest BCUT2D eigenvalue weighted by Crippen LogP contribution is -2.31. The zero-order chi connectivity index (χ0) is 16.3. The van der Waals surface area contributed by atoms with Crippen LogP contribution in [0.5, 0.6) is 0 Å². The summed E-state index contributed by atoms with van der Waals surface area (Å²) in [6.07, 6.45) is 0. The number of nitrogens with two attached hydrogens (primary N) is 1. The monoisotopic (exact) mass is 439 g/mol. The summed E-state index contributed by atoms with van der Waals surface area (Å²) in [5, 5.41) is 0. The van der Waals surface area contributed by atoms with Crippen molar-refractivity contribution in [1.29, 1.82) is 0 Å². The Morgan fingerprint density at radius 2 is 1.68 bits per heavy atom. The summed E-state index contributed by atoms with van der Waals surface area (Å²) in [4.78, 5) is 6.00. The van der Waals surface area contributed by atoms with E-state index in [9.17, 15) is 8.42 Å². The van der Waals surface area contributed by atoms with Crippen LogP contribution < -0.4 is 5.73 Å². The van der Waals surface area contributed by atoms with E-state index in [0.29, 0.717) is 10.9 Å². The molecule has 0 heterocycles. The Hall–Kier alpha value is -0.830. The Morgan fingerprint density at radius 1 is 1.18 bits per heavy atom. The topological polar surface area (TPSA) is 75.8 Å². The van der Waals surface area contributed by atoms with Crippen molar-refractivity contribution in [2.24, 2.45) is 10.7 Å². The van der Waals surface area contributed by atoms with E-state index in [1.165, 1.54) is 0 Å². The molecule has 0 aliphatic rings. The van der Waals surface area contributed by atoms with Gasteiger partial charge in [-0.25, -0.2) is 8.42 Å². The minimum atomic E-state index is -3.33. The summed E-state index contributed by atoms with van der Waals surface area (Å²) >= 11 is 0. The molecule has 0 fully saturated rings. The van der Waals surface area contributed by atoms with Crippen molar-refractivity contribution in [1.82, 2.24) is 4.90 Å². The summed E-state index contributed by atoms with van der Waals surface area (Å²) in [5.74, 6) is 0.282. The zero-order valence-corrected chi connectivity index (χ0v) is 17.0. The van der Waals surface area contributed by atoms with Crippen molar-refractivity contribution in [2.45, 2.75) is 31.1 Å². The van der Waals surface area contributed by atoms with E-state index >= 15 is 0 Å². The lowest BCUT2D eigenvalue weighted by molar-refractivity contribution is 0.586. The van der Waals surface area contributed by atoms with Crippen molar-refractivity contribution in [3.05, 3.63) is 29.8 Å². The van der Waals surface area contributed by atoms with Gasteiger partial charge in [-0.05, 0) is 23.1 Å². The summed E-state index contributed by atoms with van der Waals surface area (Å²) in [6, 6.07) is 7.05.